The van der Waals surface area contributed by atoms with Crippen molar-refractivity contribution in [2.45, 2.75) is 13.8 Å². The molecule has 0 unspecified atom stereocenters. The van der Waals surface area contributed by atoms with Crippen LogP contribution in [0.25, 0.3) is 5.69 Å². The molecule has 0 radical (unpaired) electrons. The lowest BCUT2D eigenvalue weighted by molar-refractivity contribution is 0.103. The van der Waals surface area contributed by atoms with Gasteiger partial charge in [0.1, 0.15) is 5.82 Å². The molecular formula is C16H15N3OS. The minimum atomic E-state index is -0.113. The summed E-state index contributed by atoms with van der Waals surface area (Å²) >= 11 is 1.42. The number of aryl methyl sites for hydroxylation is 2. The SMILES string of the molecule is Cc1ccc(-n2nc(C)cc2NC(=O)c2cccs2)cc1. The van der Waals surface area contributed by atoms with Crippen LogP contribution in [0.2, 0.25) is 0 Å². The number of nitrogens with zero attached hydrogens (tertiary/aromatic N) is 2. The van der Waals surface area contributed by atoms with Gasteiger partial charge in [0, 0.05) is 6.07 Å². The predicted molar refractivity (Wildman–Crippen MR) is 85.3 cm³/mol. The summed E-state index contributed by atoms with van der Waals surface area (Å²) in [5, 5.41) is 9.26. The van der Waals surface area contributed by atoms with E-state index < -0.39 is 0 Å². The number of benzene rings is 1. The number of carbonyl (C=O) groups excluding carboxylic acids is 1. The number of hydrogen-bond acceptors (Lipinski definition) is 3. The standard InChI is InChI=1S/C16H15N3OS/c1-11-5-7-13(8-6-11)19-15(10-12(2)18-19)17-16(20)14-4-3-9-21-14/h3-10H,1-2H3,(H,17,20). The van der Waals surface area contributed by atoms with E-state index in [2.05, 4.69) is 10.4 Å². The van der Waals surface area contributed by atoms with Gasteiger partial charge in [0.05, 0.1) is 16.3 Å². The van der Waals surface area contributed by atoms with E-state index in [0.717, 1.165) is 11.4 Å². The van der Waals surface area contributed by atoms with Crippen LogP contribution in [0, 0.1) is 13.8 Å². The summed E-state index contributed by atoms with van der Waals surface area (Å²) in [5.74, 6) is 0.563. The lowest BCUT2D eigenvalue weighted by Gasteiger charge is -2.08. The van der Waals surface area contributed by atoms with Crippen molar-refractivity contribution in [2.24, 2.45) is 0 Å². The van der Waals surface area contributed by atoms with E-state index in [9.17, 15) is 4.79 Å². The summed E-state index contributed by atoms with van der Waals surface area (Å²) in [6.45, 7) is 3.95. The fraction of sp³-hybridized carbons (Fsp3) is 0.125. The van der Waals surface area contributed by atoms with Crippen LogP contribution in [0.4, 0.5) is 5.82 Å². The van der Waals surface area contributed by atoms with Crippen LogP contribution in [-0.4, -0.2) is 15.7 Å². The lowest BCUT2D eigenvalue weighted by Crippen LogP contribution is -2.13. The van der Waals surface area contributed by atoms with Crippen LogP contribution < -0.4 is 5.32 Å². The van der Waals surface area contributed by atoms with Gasteiger partial charge in [-0.15, -0.1) is 11.3 Å². The number of amides is 1. The Bertz CT molecular complexity index is 757. The maximum Gasteiger partial charge on any atom is 0.266 e. The van der Waals surface area contributed by atoms with E-state index in [1.807, 2.05) is 55.6 Å². The molecule has 2 aromatic heterocycles. The first-order valence-corrected chi connectivity index (χ1v) is 7.50. The zero-order valence-electron chi connectivity index (χ0n) is 11.8. The van der Waals surface area contributed by atoms with Crippen LogP contribution in [0.5, 0.6) is 0 Å². The van der Waals surface area contributed by atoms with Crippen LogP contribution in [0.1, 0.15) is 20.9 Å². The highest BCUT2D eigenvalue weighted by atomic mass is 32.1. The molecule has 1 N–H and O–H groups in total. The number of aromatic nitrogens is 2. The smallest absolute Gasteiger partial charge is 0.266 e. The molecule has 4 nitrogen and oxygen atoms in total. The van der Waals surface area contributed by atoms with Crippen molar-refractivity contribution in [2.75, 3.05) is 5.32 Å². The highest BCUT2D eigenvalue weighted by molar-refractivity contribution is 7.12. The third-order valence-corrected chi connectivity index (χ3v) is 3.97. The molecule has 0 aliphatic rings. The summed E-state index contributed by atoms with van der Waals surface area (Å²) in [7, 11) is 0. The Kier molecular flexibility index (Phi) is 3.58. The molecule has 0 saturated carbocycles. The number of hydrogen-bond donors (Lipinski definition) is 1. The van der Waals surface area contributed by atoms with Gasteiger partial charge >= 0.3 is 0 Å². The van der Waals surface area contributed by atoms with Crippen LogP contribution in [-0.2, 0) is 0 Å². The Morgan fingerprint density at radius 2 is 1.95 bits per heavy atom. The van der Waals surface area contributed by atoms with Crippen molar-refractivity contribution < 1.29 is 4.79 Å². The fourth-order valence-corrected chi connectivity index (χ4v) is 2.68. The first kappa shape index (κ1) is 13.6. The van der Waals surface area contributed by atoms with E-state index in [1.165, 1.54) is 16.9 Å². The minimum Gasteiger partial charge on any atom is -0.306 e. The molecule has 5 heteroatoms. The van der Waals surface area contributed by atoms with Crippen LogP contribution in [0.3, 0.4) is 0 Å². The molecule has 3 rings (SSSR count). The summed E-state index contributed by atoms with van der Waals surface area (Å²) in [6.07, 6.45) is 0. The molecule has 0 atom stereocenters. The Balaban J connectivity index is 1.92. The molecule has 0 saturated heterocycles. The molecule has 0 aliphatic carbocycles. The van der Waals surface area contributed by atoms with E-state index >= 15 is 0 Å². The molecule has 21 heavy (non-hydrogen) atoms. The maximum atomic E-state index is 12.2. The Labute approximate surface area is 127 Å². The number of anilines is 1. The second-order valence-electron chi connectivity index (χ2n) is 4.85. The van der Waals surface area contributed by atoms with Gasteiger partial charge in [0.2, 0.25) is 0 Å². The molecule has 0 aliphatic heterocycles. The van der Waals surface area contributed by atoms with Gasteiger partial charge in [0.15, 0.2) is 0 Å². The zero-order chi connectivity index (χ0) is 14.8. The van der Waals surface area contributed by atoms with E-state index in [-0.39, 0.29) is 5.91 Å². The minimum absolute atomic E-state index is 0.113. The summed E-state index contributed by atoms with van der Waals surface area (Å²) in [6, 6.07) is 13.6. The van der Waals surface area contributed by atoms with Gasteiger partial charge in [0.25, 0.3) is 5.91 Å². The Hall–Kier alpha value is -2.40. The number of rotatable bonds is 3. The second kappa shape index (κ2) is 5.54. The monoisotopic (exact) mass is 297 g/mol. The van der Waals surface area contributed by atoms with Gasteiger partial charge in [-0.3, -0.25) is 4.79 Å². The summed E-state index contributed by atoms with van der Waals surface area (Å²) < 4.78 is 1.75. The van der Waals surface area contributed by atoms with E-state index in [0.29, 0.717) is 10.7 Å². The van der Waals surface area contributed by atoms with Gasteiger partial charge in [-0.2, -0.15) is 5.10 Å². The summed E-state index contributed by atoms with van der Waals surface area (Å²) in [4.78, 5) is 12.9. The molecule has 0 spiro atoms. The van der Waals surface area contributed by atoms with Crippen molar-refractivity contribution in [1.29, 1.82) is 0 Å². The fourth-order valence-electron chi connectivity index (χ4n) is 2.06. The molecular weight excluding hydrogens is 282 g/mol. The third kappa shape index (κ3) is 2.87. The van der Waals surface area contributed by atoms with E-state index in [4.69, 9.17) is 0 Å². The second-order valence-corrected chi connectivity index (χ2v) is 5.80. The number of thiophene rings is 1. The predicted octanol–water partition coefficient (Wildman–Crippen LogP) is 3.80. The number of carbonyl (C=O) groups is 1. The van der Waals surface area contributed by atoms with Crippen molar-refractivity contribution in [3.05, 3.63) is 64.0 Å². The van der Waals surface area contributed by atoms with Gasteiger partial charge in [-0.05, 0) is 37.4 Å². The first-order valence-electron chi connectivity index (χ1n) is 6.62. The molecule has 0 fully saturated rings. The summed E-state index contributed by atoms with van der Waals surface area (Å²) in [5.41, 5.74) is 2.97. The van der Waals surface area contributed by atoms with Gasteiger partial charge in [-0.1, -0.05) is 23.8 Å². The number of nitrogens with one attached hydrogen (secondary N) is 1. The van der Waals surface area contributed by atoms with Crippen molar-refractivity contribution in [1.82, 2.24) is 9.78 Å². The topological polar surface area (TPSA) is 46.9 Å². The van der Waals surface area contributed by atoms with Gasteiger partial charge in [-0.25, -0.2) is 4.68 Å². The largest absolute Gasteiger partial charge is 0.306 e. The van der Waals surface area contributed by atoms with Gasteiger partial charge < -0.3 is 5.32 Å². The van der Waals surface area contributed by atoms with Crippen molar-refractivity contribution in [3.63, 3.8) is 0 Å². The zero-order valence-corrected chi connectivity index (χ0v) is 12.6. The highest BCUT2D eigenvalue weighted by Crippen LogP contribution is 2.19. The normalized spacial score (nSPS) is 10.6. The Morgan fingerprint density at radius 3 is 2.62 bits per heavy atom. The molecule has 1 aromatic carbocycles. The average molecular weight is 297 g/mol. The molecule has 3 aromatic rings. The molecule has 1 amide bonds. The van der Waals surface area contributed by atoms with Crippen molar-refractivity contribution >= 4 is 23.1 Å². The average Bonchev–Trinajstić information content (AvgIpc) is 3.09. The lowest BCUT2D eigenvalue weighted by atomic mass is 10.2. The Morgan fingerprint density at radius 1 is 1.19 bits per heavy atom. The van der Waals surface area contributed by atoms with Crippen molar-refractivity contribution in [3.8, 4) is 5.69 Å². The molecule has 106 valence electrons. The quantitative estimate of drug-likeness (QED) is 0.799. The van der Waals surface area contributed by atoms with Crippen LogP contribution in [0.15, 0.2) is 47.8 Å². The third-order valence-electron chi connectivity index (χ3n) is 3.10. The van der Waals surface area contributed by atoms with Crippen LogP contribution >= 0.6 is 11.3 Å². The first-order chi connectivity index (χ1) is 10.1. The maximum absolute atomic E-state index is 12.2. The molecule has 0 bridgehead atoms. The highest BCUT2D eigenvalue weighted by Gasteiger charge is 2.12. The molecule has 2 heterocycles. The van der Waals surface area contributed by atoms with E-state index in [1.54, 1.807) is 10.7 Å².